The van der Waals surface area contributed by atoms with Crippen LogP contribution in [0, 0.1) is 11.8 Å². The number of amides is 2. The van der Waals surface area contributed by atoms with Crippen LogP contribution in [0.15, 0.2) is 12.7 Å². The van der Waals surface area contributed by atoms with Crippen LogP contribution in [0.3, 0.4) is 0 Å². The van der Waals surface area contributed by atoms with Crippen molar-refractivity contribution in [3.63, 3.8) is 0 Å². The fraction of sp³-hybridized carbons (Fsp3) is 0.778. The molecule has 2 N–H and O–H groups in total. The van der Waals surface area contributed by atoms with Crippen molar-refractivity contribution in [2.75, 3.05) is 20.6 Å². The molecule has 0 spiro atoms. The van der Waals surface area contributed by atoms with Gasteiger partial charge >= 0.3 is 0 Å². The summed E-state index contributed by atoms with van der Waals surface area (Å²) in [5.74, 6) is 0.0760. The number of carbonyl (C=O) groups is 2. The van der Waals surface area contributed by atoms with Gasteiger partial charge in [-0.1, -0.05) is 6.08 Å². The summed E-state index contributed by atoms with van der Waals surface area (Å²) in [6.45, 7) is 12.0. The van der Waals surface area contributed by atoms with Crippen molar-refractivity contribution in [3.05, 3.63) is 12.7 Å². The molecule has 3 unspecified atom stereocenters. The summed E-state index contributed by atoms with van der Waals surface area (Å²) in [4.78, 5) is 27.1. The summed E-state index contributed by atoms with van der Waals surface area (Å²) in [5, 5.41) is 6.09. The zero-order chi connectivity index (χ0) is 17.8. The van der Waals surface area contributed by atoms with Crippen molar-refractivity contribution in [1.82, 2.24) is 15.5 Å². The van der Waals surface area contributed by atoms with E-state index in [4.69, 9.17) is 0 Å². The third-order valence-electron chi connectivity index (χ3n) is 4.38. The van der Waals surface area contributed by atoms with Gasteiger partial charge in [-0.25, -0.2) is 0 Å². The molecule has 0 aromatic carbocycles. The Morgan fingerprint density at radius 1 is 1.30 bits per heavy atom. The quantitative estimate of drug-likeness (QED) is 0.760. The number of rotatable bonds is 5. The highest BCUT2D eigenvalue weighted by molar-refractivity contribution is 5.92. The standard InChI is InChI=1S/C18H33N3O2/c1-8-14-9-10-15(12-21(6)7)18(11-14,19-13(2)22)16(23)20-17(3,4)5/h8,14-15H,1,9-12H2,2-7H3,(H,19,22)(H,20,23). The number of nitrogens with zero attached hydrogens (tertiary/aromatic N) is 1. The van der Waals surface area contributed by atoms with Gasteiger partial charge < -0.3 is 15.5 Å². The van der Waals surface area contributed by atoms with E-state index in [1.165, 1.54) is 6.92 Å². The molecule has 1 fully saturated rings. The summed E-state index contributed by atoms with van der Waals surface area (Å²) in [7, 11) is 4.00. The van der Waals surface area contributed by atoms with Crippen LogP contribution in [0.5, 0.6) is 0 Å². The average molecular weight is 323 g/mol. The van der Waals surface area contributed by atoms with Crippen LogP contribution in [0.2, 0.25) is 0 Å². The van der Waals surface area contributed by atoms with E-state index in [0.717, 1.165) is 19.4 Å². The maximum absolute atomic E-state index is 13.1. The van der Waals surface area contributed by atoms with Crippen LogP contribution in [0.1, 0.15) is 47.0 Å². The summed E-state index contributed by atoms with van der Waals surface area (Å²) in [5.41, 5.74) is -1.22. The van der Waals surface area contributed by atoms with Gasteiger partial charge in [-0.15, -0.1) is 6.58 Å². The minimum atomic E-state index is -0.875. The number of hydrogen-bond donors (Lipinski definition) is 2. The maximum atomic E-state index is 13.1. The highest BCUT2D eigenvalue weighted by atomic mass is 16.2. The van der Waals surface area contributed by atoms with Crippen LogP contribution >= 0.6 is 0 Å². The monoisotopic (exact) mass is 323 g/mol. The smallest absolute Gasteiger partial charge is 0.246 e. The summed E-state index contributed by atoms with van der Waals surface area (Å²) >= 11 is 0. The normalized spacial score (nSPS) is 28.3. The Balaban J connectivity index is 3.23. The maximum Gasteiger partial charge on any atom is 0.246 e. The van der Waals surface area contributed by atoms with Crippen molar-refractivity contribution in [3.8, 4) is 0 Å². The number of carbonyl (C=O) groups excluding carboxylic acids is 2. The van der Waals surface area contributed by atoms with E-state index in [9.17, 15) is 9.59 Å². The molecule has 3 atom stereocenters. The van der Waals surface area contributed by atoms with Crippen LogP contribution in [0.25, 0.3) is 0 Å². The van der Waals surface area contributed by atoms with E-state index >= 15 is 0 Å². The van der Waals surface area contributed by atoms with Crippen molar-refractivity contribution in [2.45, 2.75) is 58.0 Å². The largest absolute Gasteiger partial charge is 0.349 e. The topological polar surface area (TPSA) is 61.4 Å². The molecule has 1 rings (SSSR count). The molecule has 5 heteroatoms. The minimum Gasteiger partial charge on any atom is -0.349 e. The SMILES string of the molecule is C=CC1CCC(CN(C)C)C(NC(C)=O)(C(=O)NC(C)(C)C)C1. The van der Waals surface area contributed by atoms with E-state index in [1.54, 1.807) is 0 Å². The molecule has 0 saturated heterocycles. The Morgan fingerprint density at radius 3 is 2.35 bits per heavy atom. The second-order valence-corrected chi connectivity index (χ2v) is 8.09. The van der Waals surface area contributed by atoms with Gasteiger partial charge in [0.05, 0.1) is 0 Å². The van der Waals surface area contributed by atoms with Crippen molar-refractivity contribution in [2.24, 2.45) is 11.8 Å². The second-order valence-electron chi connectivity index (χ2n) is 8.09. The van der Waals surface area contributed by atoms with E-state index in [0.29, 0.717) is 6.42 Å². The minimum absolute atomic E-state index is 0.0833. The van der Waals surface area contributed by atoms with E-state index in [2.05, 4.69) is 22.1 Å². The van der Waals surface area contributed by atoms with Crippen LogP contribution in [0.4, 0.5) is 0 Å². The van der Waals surface area contributed by atoms with Crippen molar-refractivity contribution in [1.29, 1.82) is 0 Å². The predicted octanol–water partition coefficient (Wildman–Crippen LogP) is 1.94. The zero-order valence-electron chi connectivity index (χ0n) is 15.5. The number of nitrogens with one attached hydrogen (secondary N) is 2. The molecular weight excluding hydrogens is 290 g/mol. The fourth-order valence-electron chi connectivity index (χ4n) is 3.49. The first-order valence-electron chi connectivity index (χ1n) is 8.39. The third-order valence-corrected chi connectivity index (χ3v) is 4.38. The van der Waals surface area contributed by atoms with Gasteiger partial charge in [0.2, 0.25) is 11.8 Å². The summed E-state index contributed by atoms with van der Waals surface area (Å²) in [6.07, 6.45) is 4.42. The predicted molar refractivity (Wildman–Crippen MR) is 94.0 cm³/mol. The first-order chi connectivity index (χ1) is 10.5. The van der Waals surface area contributed by atoms with Gasteiger partial charge in [-0.05, 0) is 60.0 Å². The molecule has 2 amide bonds. The molecular formula is C18H33N3O2. The fourth-order valence-corrected chi connectivity index (χ4v) is 3.49. The Morgan fingerprint density at radius 2 is 1.91 bits per heavy atom. The highest BCUT2D eigenvalue weighted by Crippen LogP contribution is 2.39. The van der Waals surface area contributed by atoms with Crippen LogP contribution < -0.4 is 10.6 Å². The van der Waals surface area contributed by atoms with Crippen LogP contribution in [-0.4, -0.2) is 48.4 Å². The Labute approximate surface area is 140 Å². The third kappa shape index (κ3) is 5.34. The van der Waals surface area contributed by atoms with E-state index in [-0.39, 0.29) is 29.2 Å². The molecule has 132 valence electrons. The van der Waals surface area contributed by atoms with Gasteiger partial charge in [-0.2, -0.15) is 0 Å². The number of allylic oxidation sites excluding steroid dienone is 1. The first-order valence-corrected chi connectivity index (χ1v) is 8.39. The molecule has 0 aromatic rings. The summed E-state index contributed by atoms with van der Waals surface area (Å²) < 4.78 is 0. The zero-order valence-corrected chi connectivity index (χ0v) is 15.5. The van der Waals surface area contributed by atoms with Gasteiger partial charge in [-0.3, -0.25) is 9.59 Å². The van der Waals surface area contributed by atoms with Gasteiger partial charge in [0, 0.05) is 24.9 Å². The Hall–Kier alpha value is -1.36. The van der Waals surface area contributed by atoms with Gasteiger partial charge in [0.1, 0.15) is 5.54 Å². The lowest BCUT2D eigenvalue weighted by atomic mass is 9.67. The van der Waals surface area contributed by atoms with Gasteiger partial charge in [0.15, 0.2) is 0 Å². The molecule has 5 nitrogen and oxygen atoms in total. The first kappa shape index (κ1) is 19.7. The molecule has 23 heavy (non-hydrogen) atoms. The summed E-state index contributed by atoms with van der Waals surface area (Å²) in [6, 6.07) is 0. The lowest BCUT2D eigenvalue weighted by Crippen LogP contribution is -2.68. The average Bonchev–Trinajstić information content (AvgIpc) is 2.37. The highest BCUT2D eigenvalue weighted by Gasteiger charge is 2.50. The number of hydrogen-bond acceptors (Lipinski definition) is 3. The Bertz CT molecular complexity index is 454. The molecule has 1 aliphatic carbocycles. The van der Waals surface area contributed by atoms with Crippen LogP contribution in [-0.2, 0) is 9.59 Å². The molecule has 0 bridgehead atoms. The van der Waals surface area contributed by atoms with Crippen molar-refractivity contribution < 1.29 is 9.59 Å². The molecule has 1 aliphatic rings. The molecule has 0 aromatic heterocycles. The molecule has 0 radical (unpaired) electrons. The second kappa shape index (κ2) is 7.47. The van der Waals surface area contributed by atoms with E-state index in [1.807, 2.05) is 40.9 Å². The van der Waals surface area contributed by atoms with Crippen molar-refractivity contribution >= 4 is 11.8 Å². The lowest BCUT2D eigenvalue weighted by Gasteiger charge is -2.47. The van der Waals surface area contributed by atoms with E-state index < -0.39 is 5.54 Å². The lowest BCUT2D eigenvalue weighted by molar-refractivity contribution is -0.139. The molecule has 0 heterocycles. The van der Waals surface area contributed by atoms with Gasteiger partial charge in [0.25, 0.3) is 0 Å². The molecule has 0 aliphatic heterocycles. The Kier molecular flexibility index (Phi) is 6.40. The molecule has 1 saturated carbocycles.